The van der Waals surface area contributed by atoms with Crippen LogP contribution in [-0.4, -0.2) is 42.9 Å². The van der Waals surface area contributed by atoms with Crippen molar-refractivity contribution in [1.82, 2.24) is 0 Å². The van der Waals surface area contributed by atoms with Crippen molar-refractivity contribution in [1.29, 1.82) is 0 Å². The lowest BCUT2D eigenvalue weighted by atomic mass is 10.0. The van der Waals surface area contributed by atoms with Gasteiger partial charge in [-0.15, -0.1) is 0 Å². The summed E-state index contributed by atoms with van der Waals surface area (Å²) in [4.78, 5) is 10.4. The maximum absolute atomic E-state index is 12.7. The molecule has 0 bridgehead atoms. The highest BCUT2D eigenvalue weighted by Crippen LogP contribution is 2.51. The Labute approximate surface area is 220 Å². The highest BCUT2D eigenvalue weighted by atomic mass is 31.2. The topological polar surface area (TPSA) is 46.5 Å². The van der Waals surface area contributed by atoms with Gasteiger partial charge in [0.25, 0.3) is 0 Å². The molecule has 0 heterocycles. The molecule has 2 atom stereocenters. The van der Waals surface area contributed by atoms with Crippen LogP contribution in [0.5, 0.6) is 0 Å². The molecule has 1 N–H and O–H groups in total. The smallest absolute Gasteiger partial charge is 0.320 e. The van der Waals surface area contributed by atoms with Gasteiger partial charge >= 0.3 is 7.60 Å². The van der Waals surface area contributed by atoms with Gasteiger partial charge in [-0.05, 0) is 32.1 Å². The SMILES string of the molecule is CCCCC=CCCCCCCCCCCCCCCCCCOP(=O)(O)C(CCC)[N+](C)(C)C. The van der Waals surface area contributed by atoms with Gasteiger partial charge in [0.1, 0.15) is 0 Å². The van der Waals surface area contributed by atoms with Crippen molar-refractivity contribution in [2.24, 2.45) is 0 Å². The van der Waals surface area contributed by atoms with Crippen molar-refractivity contribution in [3.63, 3.8) is 0 Å². The standard InChI is InChI=1S/C30H62NO3P/c1-6-8-9-10-11-12-13-14-15-16-17-18-19-20-21-22-23-24-25-26-27-29-34-35(32,33)30(28-7-2)31(3,4)5/h10-11,30H,6-9,12-29H2,1-5H3/p+1. The zero-order chi connectivity index (χ0) is 26.3. The van der Waals surface area contributed by atoms with E-state index in [4.69, 9.17) is 4.52 Å². The second-order valence-electron chi connectivity index (χ2n) is 11.5. The molecular weight excluding hydrogens is 453 g/mol. The van der Waals surface area contributed by atoms with E-state index in [1.54, 1.807) is 0 Å². The van der Waals surface area contributed by atoms with Gasteiger partial charge in [-0.3, -0.25) is 4.57 Å². The number of quaternary nitrogens is 1. The molecule has 0 amide bonds. The van der Waals surface area contributed by atoms with Gasteiger partial charge in [-0.1, -0.05) is 122 Å². The van der Waals surface area contributed by atoms with E-state index in [1.807, 2.05) is 21.1 Å². The Bertz CT molecular complexity index is 530. The second kappa shape index (κ2) is 23.0. The molecule has 210 valence electrons. The number of hydrogen-bond acceptors (Lipinski definition) is 2. The number of hydrogen-bond donors (Lipinski definition) is 1. The molecule has 0 rings (SSSR count). The normalized spacial score (nSPS) is 15.0. The van der Waals surface area contributed by atoms with Gasteiger partial charge in [0.2, 0.25) is 0 Å². The summed E-state index contributed by atoms with van der Waals surface area (Å²) >= 11 is 0. The summed E-state index contributed by atoms with van der Waals surface area (Å²) in [5.41, 5.74) is 0. The third kappa shape index (κ3) is 21.6. The van der Waals surface area contributed by atoms with Crippen LogP contribution in [0.1, 0.15) is 149 Å². The van der Waals surface area contributed by atoms with E-state index >= 15 is 0 Å². The van der Waals surface area contributed by atoms with Crippen molar-refractivity contribution < 1.29 is 18.5 Å². The molecule has 35 heavy (non-hydrogen) atoms. The lowest BCUT2D eigenvalue weighted by Crippen LogP contribution is -2.45. The predicted octanol–water partition coefficient (Wildman–Crippen LogP) is 10.0. The molecule has 4 nitrogen and oxygen atoms in total. The molecule has 0 saturated carbocycles. The highest BCUT2D eigenvalue weighted by Gasteiger charge is 2.41. The van der Waals surface area contributed by atoms with Crippen molar-refractivity contribution in [2.45, 2.75) is 154 Å². The first kappa shape index (κ1) is 34.9. The van der Waals surface area contributed by atoms with Gasteiger partial charge < -0.3 is 13.9 Å². The zero-order valence-electron chi connectivity index (χ0n) is 24.4. The summed E-state index contributed by atoms with van der Waals surface area (Å²) in [6.45, 7) is 4.72. The number of nitrogens with zero attached hydrogens (tertiary/aromatic N) is 1. The van der Waals surface area contributed by atoms with Gasteiger partial charge in [-0.25, -0.2) is 0 Å². The van der Waals surface area contributed by atoms with Crippen LogP contribution in [0.4, 0.5) is 0 Å². The molecule has 0 aromatic heterocycles. The molecule has 0 saturated heterocycles. The molecule has 0 aromatic carbocycles. The Kier molecular flexibility index (Phi) is 22.9. The van der Waals surface area contributed by atoms with Crippen LogP contribution in [0.2, 0.25) is 0 Å². The van der Waals surface area contributed by atoms with Crippen LogP contribution in [-0.2, 0) is 9.09 Å². The number of rotatable bonds is 26. The van der Waals surface area contributed by atoms with E-state index in [0.29, 0.717) is 17.5 Å². The Hall–Kier alpha value is -0.150. The maximum atomic E-state index is 12.7. The fourth-order valence-electron chi connectivity index (χ4n) is 4.75. The third-order valence-electron chi connectivity index (χ3n) is 7.00. The van der Waals surface area contributed by atoms with Crippen molar-refractivity contribution in [3.05, 3.63) is 12.2 Å². The van der Waals surface area contributed by atoms with E-state index < -0.39 is 7.60 Å². The van der Waals surface area contributed by atoms with Crippen LogP contribution in [0.15, 0.2) is 12.2 Å². The fourth-order valence-corrected chi connectivity index (χ4v) is 6.77. The second-order valence-corrected chi connectivity index (χ2v) is 13.5. The molecule has 2 unspecified atom stereocenters. The molecule has 0 aliphatic heterocycles. The van der Waals surface area contributed by atoms with Gasteiger partial charge in [0.15, 0.2) is 5.78 Å². The summed E-state index contributed by atoms with van der Waals surface area (Å²) < 4.78 is 18.7. The lowest BCUT2D eigenvalue weighted by molar-refractivity contribution is -0.883. The quantitative estimate of drug-likeness (QED) is 0.0538. The zero-order valence-corrected chi connectivity index (χ0v) is 25.3. The molecule has 0 radical (unpaired) electrons. The Morgan fingerprint density at radius 3 is 1.46 bits per heavy atom. The average Bonchev–Trinajstić information content (AvgIpc) is 2.80. The molecule has 0 spiro atoms. The first-order chi connectivity index (χ1) is 16.8. The number of unbranched alkanes of at least 4 members (excludes halogenated alkanes) is 17. The van der Waals surface area contributed by atoms with Crippen LogP contribution in [0.25, 0.3) is 0 Å². The van der Waals surface area contributed by atoms with Crippen LogP contribution < -0.4 is 0 Å². The van der Waals surface area contributed by atoms with Crippen molar-refractivity contribution in [3.8, 4) is 0 Å². The molecule has 5 heteroatoms. The van der Waals surface area contributed by atoms with E-state index in [2.05, 4.69) is 26.0 Å². The van der Waals surface area contributed by atoms with Crippen molar-refractivity contribution in [2.75, 3.05) is 27.7 Å². The van der Waals surface area contributed by atoms with E-state index in [1.165, 1.54) is 109 Å². The molecule has 0 fully saturated rings. The average molecular weight is 517 g/mol. The minimum Gasteiger partial charge on any atom is -0.320 e. The Balaban J connectivity index is 3.43. The minimum atomic E-state index is -3.57. The van der Waals surface area contributed by atoms with Crippen molar-refractivity contribution >= 4 is 7.60 Å². The first-order valence-electron chi connectivity index (χ1n) is 15.2. The third-order valence-corrected chi connectivity index (χ3v) is 9.26. The highest BCUT2D eigenvalue weighted by molar-refractivity contribution is 7.53. The summed E-state index contributed by atoms with van der Waals surface area (Å²) in [5, 5.41) is 0. The monoisotopic (exact) mass is 516 g/mol. The van der Waals surface area contributed by atoms with Crippen LogP contribution >= 0.6 is 7.60 Å². The van der Waals surface area contributed by atoms with E-state index in [9.17, 15) is 9.46 Å². The molecule has 0 aliphatic carbocycles. The molecular formula is C30H63NO3P+. The number of allylic oxidation sites excluding steroid dienone is 2. The Morgan fingerprint density at radius 2 is 1.06 bits per heavy atom. The van der Waals surface area contributed by atoms with E-state index in [0.717, 1.165) is 19.3 Å². The Morgan fingerprint density at radius 1 is 0.657 bits per heavy atom. The van der Waals surface area contributed by atoms with Crippen LogP contribution in [0, 0.1) is 0 Å². The lowest BCUT2D eigenvalue weighted by Gasteiger charge is -2.35. The predicted molar refractivity (Wildman–Crippen MR) is 155 cm³/mol. The maximum Gasteiger partial charge on any atom is 0.385 e. The summed E-state index contributed by atoms with van der Waals surface area (Å²) in [6.07, 6.45) is 31.3. The summed E-state index contributed by atoms with van der Waals surface area (Å²) in [5.74, 6) is -0.333. The van der Waals surface area contributed by atoms with E-state index in [-0.39, 0.29) is 5.78 Å². The largest absolute Gasteiger partial charge is 0.385 e. The minimum absolute atomic E-state index is 0.333. The van der Waals surface area contributed by atoms with Gasteiger partial charge in [0.05, 0.1) is 27.7 Å². The van der Waals surface area contributed by atoms with Gasteiger partial charge in [0, 0.05) is 6.42 Å². The summed E-state index contributed by atoms with van der Waals surface area (Å²) in [6, 6.07) is 0. The van der Waals surface area contributed by atoms with Gasteiger partial charge in [-0.2, -0.15) is 0 Å². The first-order valence-corrected chi connectivity index (χ1v) is 16.8. The molecule has 0 aliphatic rings. The summed E-state index contributed by atoms with van der Waals surface area (Å²) in [7, 11) is 2.36. The molecule has 0 aromatic rings. The van der Waals surface area contributed by atoms with Crippen LogP contribution in [0.3, 0.4) is 0 Å². The fraction of sp³-hybridized carbons (Fsp3) is 0.933.